The first-order valence-corrected chi connectivity index (χ1v) is 10.3. The second-order valence-electron chi connectivity index (χ2n) is 8.96. The number of nitrogens with one attached hydrogen (secondary N) is 2. The number of likely N-dealkylation sites (tertiary alicyclic amines) is 1. The van der Waals surface area contributed by atoms with Crippen molar-refractivity contribution >= 4 is 29.4 Å². The van der Waals surface area contributed by atoms with Gasteiger partial charge in [-0.3, -0.25) is 4.79 Å². The lowest BCUT2D eigenvalue weighted by molar-refractivity contribution is -0.114. The third-order valence-corrected chi connectivity index (χ3v) is 4.84. The van der Waals surface area contributed by atoms with E-state index in [4.69, 9.17) is 4.74 Å². The largest absolute Gasteiger partial charge is 0.444 e. The maximum atomic E-state index is 12.8. The minimum Gasteiger partial charge on any atom is -0.444 e. The molecule has 1 aliphatic rings. The number of rotatable bonds is 4. The van der Waals surface area contributed by atoms with E-state index in [0.717, 1.165) is 18.4 Å². The standard InChI is InChI=1S/C22H34N4O4/c1-15-9-10-18(23-16(2)27)12-19(15)24-20(28)26-11-7-8-17(14-26)13-25(6)21(29)30-22(3,4)5/h9-10,12,17H,7-8,11,13-14H2,1-6H3,(H,23,27)(H,24,28). The number of piperidine rings is 1. The summed E-state index contributed by atoms with van der Waals surface area (Å²) in [5, 5.41) is 5.68. The predicted molar refractivity (Wildman–Crippen MR) is 118 cm³/mol. The summed E-state index contributed by atoms with van der Waals surface area (Å²) in [5.41, 5.74) is 1.68. The number of ether oxygens (including phenoxy) is 1. The zero-order valence-corrected chi connectivity index (χ0v) is 18.9. The summed E-state index contributed by atoms with van der Waals surface area (Å²) in [6.45, 7) is 10.7. The monoisotopic (exact) mass is 418 g/mol. The molecule has 8 heteroatoms. The van der Waals surface area contributed by atoms with Crippen LogP contribution >= 0.6 is 0 Å². The molecule has 0 spiro atoms. The van der Waals surface area contributed by atoms with Gasteiger partial charge in [-0.25, -0.2) is 9.59 Å². The number of aryl methyl sites for hydroxylation is 1. The highest BCUT2D eigenvalue weighted by molar-refractivity contribution is 5.93. The van der Waals surface area contributed by atoms with Gasteiger partial charge in [-0.15, -0.1) is 0 Å². The molecule has 4 amide bonds. The lowest BCUT2D eigenvalue weighted by atomic mass is 9.98. The van der Waals surface area contributed by atoms with Gasteiger partial charge >= 0.3 is 12.1 Å². The molecule has 30 heavy (non-hydrogen) atoms. The van der Waals surface area contributed by atoms with E-state index in [-0.39, 0.29) is 23.9 Å². The van der Waals surface area contributed by atoms with Crippen molar-refractivity contribution in [2.45, 2.75) is 53.1 Å². The van der Waals surface area contributed by atoms with Gasteiger partial charge < -0.3 is 25.2 Å². The van der Waals surface area contributed by atoms with Gasteiger partial charge in [-0.2, -0.15) is 0 Å². The maximum absolute atomic E-state index is 12.8. The van der Waals surface area contributed by atoms with E-state index in [1.165, 1.54) is 6.92 Å². The van der Waals surface area contributed by atoms with Crippen LogP contribution in [0.2, 0.25) is 0 Å². The van der Waals surface area contributed by atoms with Crippen LogP contribution in [0.3, 0.4) is 0 Å². The van der Waals surface area contributed by atoms with E-state index in [2.05, 4.69) is 10.6 Å². The average Bonchev–Trinajstić information content (AvgIpc) is 2.62. The highest BCUT2D eigenvalue weighted by atomic mass is 16.6. The van der Waals surface area contributed by atoms with E-state index in [1.54, 1.807) is 29.0 Å². The van der Waals surface area contributed by atoms with Gasteiger partial charge in [0, 0.05) is 45.0 Å². The minimum absolute atomic E-state index is 0.163. The van der Waals surface area contributed by atoms with E-state index in [1.807, 2.05) is 33.8 Å². The smallest absolute Gasteiger partial charge is 0.410 e. The van der Waals surface area contributed by atoms with E-state index in [0.29, 0.717) is 31.0 Å². The SMILES string of the molecule is CC(=O)Nc1ccc(C)c(NC(=O)N2CCCC(CN(C)C(=O)OC(C)(C)C)C2)c1. The molecular formula is C22H34N4O4. The van der Waals surface area contributed by atoms with E-state index in [9.17, 15) is 14.4 Å². The normalized spacial score (nSPS) is 16.6. The average molecular weight is 419 g/mol. The highest BCUT2D eigenvalue weighted by Crippen LogP contribution is 2.23. The predicted octanol–water partition coefficient (Wildman–Crippen LogP) is 4.06. The number of hydrogen-bond acceptors (Lipinski definition) is 4. The van der Waals surface area contributed by atoms with Crippen molar-refractivity contribution in [1.29, 1.82) is 0 Å². The van der Waals surface area contributed by atoms with Gasteiger partial charge in [-0.1, -0.05) is 6.07 Å². The van der Waals surface area contributed by atoms with Gasteiger partial charge in [0.25, 0.3) is 0 Å². The number of amides is 4. The fraction of sp³-hybridized carbons (Fsp3) is 0.591. The number of nitrogens with zero attached hydrogens (tertiary/aromatic N) is 2. The minimum atomic E-state index is -0.534. The third kappa shape index (κ3) is 7.24. The maximum Gasteiger partial charge on any atom is 0.410 e. The Labute approximate surface area is 178 Å². The molecule has 1 unspecified atom stereocenters. The molecule has 1 heterocycles. The van der Waals surface area contributed by atoms with Crippen LogP contribution in [-0.2, 0) is 9.53 Å². The number of hydrogen-bond donors (Lipinski definition) is 2. The van der Waals surface area contributed by atoms with Crippen LogP contribution < -0.4 is 10.6 Å². The molecular weight excluding hydrogens is 384 g/mol. The second kappa shape index (κ2) is 9.82. The third-order valence-electron chi connectivity index (χ3n) is 4.84. The fourth-order valence-electron chi connectivity index (χ4n) is 3.43. The quantitative estimate of drug-likeness (QED) is 0.771. The molecule has 2 rings (SSSR count). The molecule has 0 aliphatic carbocycles. The van der Waals surface area contributed by atoms with Gasteiger partial charge in [0.2, 0.25) is 5.91 Å². The van der Waals surface area contributed by atoms with Crippen LogP contribution in [0.15, 0.2) is 18.2 Å². The van der Waals surface area contributed by atoms with Crippen molar-refractivity contribution in [3.63, 3.8) is 0 Å². The van der Waals surface area contributed by atoms with Crippen molar-refractivity contribution in [1.82, 2.24) is 9.80 Å². The van der Waals surface area contributed by atoms with Crippen LogP contribution in [0, 0.1) is 12.8 Å². The Morgan fingerprint density at radius 2 is 1.93 bits per heavy atom. The van der Waals surface area contributed by atoms with Crippen LogP contribution in [0.1, 0.15) is 46.1 Å². The number of carbonyl (C=O) groups is 3. The number of anilines is 2. The van der Waals surface area contributed by atoms with E-state index >= 15 is 0 Å². The molecule has 1 atom stereocenters. The molecule has 1 aliphatic heterocycles. The molecule has 1 fully saturated rings. The molecule has 0 aromatic heterocycles. The van der Waals surface area contributed by atoms with Crippen molar-refractivity contribution in [3.8, 4) is 0 Å². The van der Waals surface area contributed by atoms with Gasteiger partial charge in [0.05, 0.1) is 0 Å². The van der Waals surface area contributed by atoms with Crippen molar-refractivity contribution in [2.24, 2.45) is 5.92 Å². The van der Waals surface area contributed by atoms with Crippen molar-refractivity contribution < 1.29 is 19.1 Å². The van der Waals surface area contributed by atoms with Crippen LogP contribution in [0.25, 0.3) is 0 Å². The summed E-state index contributed by atoms with van der Waals surface area (Å²) in [5.74, 6) is 0.0259. The Hall–Kier alpha value is -2.77. The molecule has 2 N–H and O–H groups in total. The Morgan fingerprint density at radius 1 is 1.23 bits per heavy atom. The first-order chi connectivity index (χ1) is 13.9. The van der Waals surface area contributed by atoms with Crippen LogP contribution in [0.5, 0.6) is 0 Å². The Morgan fingerprint density at radius 3 is 2.57 bits per heavy atom. The number of carbonyl (C=O) groups excluding carboxylic acids is 3. The molecule has 1 saturated heterocycles. The van der Waals surface area contributed by atoms with Crippen LogP contribution in [-0.4, -0.2) is 60.1 Å². The Kier molecular flexibility index (Phi) is 7.70. The van der Waals surface area contributed by atoms with Gasteiger partial charge in [0.15, 0.2) is 0 Å². The summed E-state index contributed by atoms with van der Waals surface area (Å²) < 4.78 is 5.41. The Bertz CT molecular complexity index is 788. The highest BCUT2D eigenvalue weighted by Gasteiger charge is 2.27. The molecule has 8 nitrogen and oxygen atoms in total. The van der Waals surface area contributed by atoms with Gasteiger partial charge in [0.1, 0.15) is 5.60 Å². The lowest BCUT2D eigenvalue weighted by Gasteiger charge is -2.35. The number of urea groups is 1. The fourth-order valence-corrected chi connectivity index (χ4v) is 3.43. The summed E-state index contributed by atoms with van der Waals surface area (Å²) in [6, 6.07) is 5.24. The first-order valence-electron chi connectivity index (χ1n) is 10.3. The molecule has 0 radical (unpaired) electrons. The zero-order chi connectivity index (χ0) is 22.5. The van der Waals surface area contributed by atoms with Crippen molar-refractivity contribution in [2.75, 3.05) is 37.3 Å². The summed E-state index contributed by atoms with van der Waals surface area (Å²) in [4.78, 5) is 39.7. The van der Waals surface area contributed by atoms with Gasteiger partial charge in [-0.05, 0) is 64.2 Å². The number of benzene rings is 1. The molecule has 1 aromatic carbocycles. The Balaban J connectivity index is 1.96. The zero-order valence-electron chi connectivity index (χ0n) is 18.9. The lowest BCUT2D eigenvalue weighted by Crippen LogP contribution is -2.46. The topological polar surface area (TPSA) is 91.0 Å². The van der Waals surface area contributed by atoms with E-state index < -0.39 is 5.60 Å². The summed E-state index contributed by atoms with van der Waals surface area (Å²) in [6.07, 6.45) is 1.48. The molecule has 1 aromatic rings. The first kappa shape index (κ1) is 23.5. The second-order valence-corrected chi connectivity index (χ2v) is 8.96. The molecule has 166 valence electrons. The molecule has 0 bridgehead atoms. The summed E-state index contributed by atoms with van der Waals surface area (Å²) in [7, 11) is 1.73. The summed E-state index contributed by atoms with van der Waals surface area (Å²) >= 11 is 0. The molecule has 0 saturated carbocycles. The van der Waals surface area contributed by atoms with Crippen LogP contribution in [0.4, 0.5) is 21.0 Å². The van der Waals surface area contributed by atoms with Crippen molar-refractivity contribution in [3.05, 3.63) is 23.8 Å².